The molecule has 22 heavy (non-hydrogen) atoms. The van der Waals surface area contributed by atoms with E-state index in [4.69, 9.17) is 4.74 Å². The predicted molar refractivity (Wildman–Crippen MR) is 85.8 cm³/mol. The molecule has 0 spiro atoms. The molecule has 114 valence electrons. The van der Waals surface area contributed by atoms with E-state index in [1.807, 2.05) is 56.7 Å². The van der Waals surface area contributed by atoms with E-state index in [9.17, 15) is 5.11 Å². The highest BCUT2D eigenvalue weighted by Gasteiger charge is 2.16. The fraction of sp³-hybridized carbons (Fsp3) is 0.278. The lowest BCUT2D eigenvalue weighted by molar-refractivity contribution is -0.645. The molecule has 1 aromatic heterocycles. The van der Waals surface area contributed by atoms with E-state index >= 15 is 0 Å². The zero-order chi connectivity index (χ0) is 15.5. The summed E-state index contributed by atoms with van der Waals surface area (Å²) in [6.45, 7) is 2.82. The molecule has 0 aliphatic rings. The van der Waals surface area contributed by atoms with E-state index in [1.54, 1.807) is 0 Å². The van der Waals surface area contributed by atoms with Crippen LogP contribution in [0, 0.1) is 6.92 Å². The van der Waals surface area contributed by atoms with Gasteiger partial charge in [0.05, 0.1) is 7.05 Å². The average Bonchev–Trinajstić information content (AvgIpc) is 2.83. The van der Waals surface area contributed by atoms with E-state index in [-0.39, 0.29) is 6.61 Å². The van der Waals surface area contributed by atoms with Crippen LogP contribution in [-0.2, 0) is 13.6 Å². The lowest BCUT2D eigenvalue weighted by Crippen LogP contribution is -2.27. The van der Waals surface area contributed by atoms with Gasteiger partial charge in [-0.15, -0.1) is 0 Å². The Kier molecular flexibility index (Phi) is 4.11. The van der Waals surface area contributed by atoms with Gasteiger partial charge in [0.25, 0.3) is 0 Å². The first kappa shape index (κ1) is 14.6. The Morgan fingerprint density at radius 2 is 1.86 bits per heavy atom. The number of ether oxygens (including phenoxy) is 1. The predicted octanol–water partition coefficient (Wildman–Crippen LogP) is 2.21. The van der Waals surface area contributed by atoms with E-state index in [0.29, 0.717) is 6.54 Å². The monoisotopic (exact) mass is 297 g/mol. The number of aryl methyl sites for hydroxylation is 2. The first-order chi connectivity index (χ1) is 10.6. The molecule has 0 saturated carbocycles. The number of nitrogens with zero attached hydrogens (tertiary/aromatic N) is 2. The number of aliphatic hydroxyl groups is 1. The Morgan fingerprint density at radius 1 is 1.14 bits per heavy atom. The van der Waals surface area contributed by atoms with Gasteiger partial charge in [-0.3, -0.25) is 0 Å². The summed E-state index contributed by atoms with van der Waals surface area (Å²) >= 11 is 0. The Morgan fingerprint density at radius 3 is 2.64 bits per heavy atom. The molecule has 0 bridgehead atoms. The molecule has 0 aliphatic heterocycles. The Labute approximate surface area is 130 Å². The molecule has 0 amide bonds. The van der Waals surface area contributed by atoms with Crippen LogP contribution < -0.4 is 9.30 Å². The zero-order valence-electron chi connectivity index (χ0n) is 12.9. The van der Waals surface area contributed by atoms with Gasteiger partial charge in [-0.25, -0.2) is 9.13 Å². The number of imidazole rings is 1. The van der Waals surface area contributed by atoms with Crippen LogP contribution in [0.25, 0.3) is 11.0 Å². The minimum atomic E-state index is -0.558. The molecule has 2 aromatic carbocycles. The number of hydrogen-bond donors (Lipinski definition) is 1. The zero-order valence-corrected chi connectivity index (χ0v) is 12.9. The van der Waals surface area contributed by atoms with E-state index in [0.717, 1.165) is 16.8 Å². The maximum Gasteiger partial charge on any atom is 0.244 e. The molecule has 3 rings (SSSR count). The third-order valence-electron chi connectivity index (χ3n) is 3.75. The van der Waals surface area contributed by atoms with Crippen molar-refractivity contribution in [1.29, 1.82) is 0 Å². The number of aliphatic hydroxyl groups excluding tert-OH is 1. The molecule has 0 radical (unpaired) electrons. The molecule has 0 saturated heterocycles. The minimum Gasteiger partial charge on any atom is -0.491 e. The molecule has 0 fully saturated rings. The molecule has 0 unspecified atom stereocenters. The summed E-state index contributed by atoms with van der Waals surface area (Å²) in [5, 5.41) is 10.2. The van der Waals surface area contributed by atoms with Gasteiger partial charge >= 0.3 is 0 Å². The van der Waals surface area contributed by atoms with Crippen molar-refractivity contribution in [3.63, 3.8) is 0 Å². The lowest BCUT2D eigenvalue weighted by Gasteiger charge is -2.11. The van der Waals surface area contributed by atoms with E-state index < -0.39 is 6.10 Å². The highest BCUT2D eigenvalue weighted by Crippen LogP contribution is 2.13. The smallest absolute Gasteiger partial charge is 0.244 e. The van der Waals surface area contributed by atoms with Crippen molar-refractivity contribution < 1.29 is 14.4 Å². The summed E-state index contributed by atoms with van der Waals surface area (Å²) in [5.41, 5.74) is 3.45. The molecule has 4 heteroatoms. The number of benzene rings is 2. The topological polar surface area (TPSA) is 38.3 Å². The quantitative estimate of drug-likeness (QED) is 0.733. The van der Waals surface area contributed by atoms with Crippen molar-refractivity contribution in [2.45, 2.75) is 19.6 Å². The lowest BCUT2D eigenvalue weighted by atomic mass is 10.2. The summed E-state index contributed by atoms with van der Waals surface area (Å²) in [5.74, 6) is 0.785. The standard InChI is InChI=1S/C18H21N2O2/c1-14-7-9-16(10-8-14)22-12-15(21)11-20-13-19(2)17-5-3-4-6-18(17)20/h3-10,13,15,21H,11-12H2,1-2H3/q+1/t15-/m1/s1. The van der Waals surface area contributed by atoms with Gasteiger partial charge in [-0.1, -0.05) is 29.8 Å². The number of para-hydroxylation sites is 2. The van der Waals surface area contributed by atoms with Crippen LogP contribution in [0.3, 0.4) is 0 Å². The SMILES string of the molecule is Cc1ccc(OC[C@H](O)Cn2c[n+](C)c3ccccc32)cc1. The van der Waals surface area contributed by atoms with Crippen molar-refractivity contribution in [1.82, 2.24) is 4.57 Å². The van der Waals surface area contributed by atoms with Crippen LogP contribution in [0.1, 0.15) is 5.56 Å². The minimum absolute atomic E-state index is 0.277. The van der Waals surface area contributed by atoms with Gasteiger partial charge < -0.3 is 9.84 Å². The third kappa shape index (κ3) is 3.12. The van der Waals surface area contributed by atoms with Crippen LogP contribution in [0.15, 0.2) is 54.9 Å². The maximum atomic E-state index is 10.2. The summed E-state index contributed by atoms with van der Waals surface area (Å²) in [4.78, 5) is 0. The van der Waals surface area contributed by atoms with Gasteiger partial charge in [0, 0.05) is 0 Å². The Bertz CT molecular complexity index is 762. The van der Waals surface area contributed by atoms with Crippen molar-refractivity contribution >= 4 is 11.0 Å². The molecule has 1 heterocycles. The first-order valence-electron chi connectivity index (χ1n) is 7.44. The number of fused-ring (bicyclic) bond motifs is 1. The summed E-state index contributed by atoms with van der Waals surface area (Å²) in [6.07, 6.45) is 1.44. The van der Waals surface area contributed by atoms with Gasteiger partial charge in [0.2, 0.25) is 6.33 Å². The number of rotatable bonds is 5. The second-order valence-corrected chi connectivity index (χ2v) is 5.65. The highest BCUT2D eigenvalue weighted by molar-refractivity contribution is 5.71. The molecule has 0 aliphatic carbocycles. The molecular weight excluding hydrogens is 276 g/mol. The van der Waals surface area contributed by atoms with Crippen molar-refractivity contribution in [2.75, 3.05) is 6.61 Å². The van der Waals surface area contributed by atoms with Crippen LogP contribution in [0.5, 0.6) is 5.75 Å². The number of hydrogen-bond acceptors (Lipinski definition) is 2. The Balaban J connectivity index is 1.65. The summed E-state index contributed by atoms with van der Waals surface area (Å²) in [6, 6.07) is 16.0. The van der Waals surface area contributed by atoms with Gasteiger partial charge in [-0.05, 0) is 31.2 Å². The third-order valence-corrected chi connectivity index (χ3v) is 3.75. The number of aromatic nitrogens is 2. The van der Waals surface area contributed by atoms with Gasteiger partial charge in [0.15, 0.2) is 11.0 Å². The largest absolute Gasteiger partial charge is 0.491 e. The van der Waals surface area contributed by atoms with Crippen molar-refractivity contribution in [3.05, 3.63) is 60.4 Å². The maximum absolute atomic E-state index is 10.2. The second-order valence-electron chi connectivity index (χ2n) is 5.65. The van der Waals surface area contributed by atoms with Crippen LogP contribution in [-0.4, -0.2) is 22.4 Å². The molecular formula is C18H21N2O2+. The fourth-order valence-corrected chi connectivity index (χ4v) is 2.59. The van der Waals surface area contributed by atoms with Crippen molar-refractivity contribution in [2.24, 2.45) is 7.05 Å². The summed E-state index contributed by atoms with van der Waals surface area (Å²) < 4.78 is 9.76. The van der Waals surface area contributed by atoms with E-state index in [1.165, 1.54) is 5.56 Å². The summed E-state index contributed by atoms with van der Waals surface area (Å²) in [7, 11) is 2.01. The van der Waals surface area contributed by atoms with Gasteiger partial charge in [0.1, 0.15) is 25.0 Å². The Hall–Kier alpha value is -2.33. The van der Waals surface area contributed by atoms with E-state index in [2.05, 4.69) is 21.3 Å². The highest BCUT2D eigenvalue weighted by atomic mass is 16.5. The normalized spacial score (nSPS) is 12.5. The van der Waals surface area contributed by atoms with Crippen LogP contribution in [0.2, 0.25) is 0 Å². The van der Waals surface area contributed by atoms with Crippen LogP contribution in [0.4, 0.5) is 0 Å². The van der Waals surface area contributed by atoms with Crippen molar-refractivity contribution in [3.8, 4) is 5.75 Å². The molecule has 1 N–H and O–H groups in total. The molecule has 1 atom stereocenters. The fourth-order valence-electron chi connectivity index (χ4n) is 2.59. The van der Waals surface area contributed by atoms with Crippen LogP contribution >= 0.6 is 0 Å². The molecule has 4 nitrogen and oxygen atoms in total. The average molecular weight is 297 g/mol. The second kappa shape index (κ2) is 6.20. The molecule has 3 aromatic rings. The van der Waals surface area contributed by atoms with Gasteiger partial charge in [-0.2, -0.15) is 0 Å². The first-order valence-corrected chi connectivity index (χ1v) is 7.44.